The van der Waals surface area contributed by atoms with Crippen LogP contribution in [0.1, 0.15) is 0 Å². The molecule has 0 atom stereocenters. The van der Waals surface area contributed by atoms with E-state index in [4.69, 9.17) is 30.5 Å². The van der Waals surface area contributed by atoms with Crippen LogP contribution in [-0.4, -0.2) is 54.3 Å². The molecule has 2 aromatic carbocycles. The van der Waals surface area contributed by atoms with Crippen molar-refractivity contribution in [2.75, 3.05) is 38.5 Å². The van der Waals surface area contributed by atoms with E-state index in [-0.39, 0.29) is 11.7 Å². The monoisotopic (exact) mass is 462 g/mol. The zero-order valence-corrected chi connectivity index (χ0v) is 18.3. The molecule has 1 aliphatic heterocycles. The van der Waals surface area contributed by atoms with Gasteiger partial charge in [0.05, 0.1) is 36.2 Å². The molecular formula is C20H19ClN4O5S. The second-order valence-corrected chi connectivity index (χ2v) is 7.70. The number of carbonyl (C=O) groups excluding carboxylic acids is 1. The Labute approximate surface area is 187 Å². The van der Waals surface area contributed by atoms with Crippen molar-refractivity contribution in [1.29, 1.82) is 0 Å². The first kappa shape index (κ1) is 21.1. The molecular weight excluding hydrogens is 444 g/mol. The first-order valence-corrected chi connectivity index (χ1v) is 10.6. The van der Waals surface area contributed by atoms with E-state index in [1.54, 1.807) is 38.5 Å². The molecule has 0 aliphatic carbocycles. The largest absolute Gasteiger partial charge is 0.497 e. The number of ether oxygens (including phenoxy) is 4. The number of nitrogens with zero attached hydrogens (tertiary/aromatic N) is 2. The summed E-state index contributed by atoms with van der Waals surface area (Å²) < 4.78 is 21.6. The second-order valence-electron chi connectivity index (χ2n) is 6.35. The third-order valence-electron chi connectivity index (χ3n) is 4.37. The fourth-order valence-corrected chi connectivity index (χ4v) is 3.70. The molecule has 1 aromatic heterocycles. The Bertz CT molecular complexity index is 1110. The number of amides is 1. The van der Waals surface area contributed by atoms with Gasteiger partial charge < -0.3 is 24.3 Å². The highest BCUT2D eigenvalue weighted by Crippen LogP contribution is 2.38. The number of thioether (sulfide) groups is 1. The Balaban J connectivity index is 1.39. The van der Waals surface area contributed by atoms with Crippen molar-refractivity contribution in [3.05, 3.63) is 35.4 Å². The van der Waals surface area contributed by atoms with Crippen LogP contribution in [0.25, 0.3) is 11.4 Å². The minimum absolute atomic E-state index is 0.0990. The fourth-order valence-electron chi connectivity index (χ4n) is 2.90. The highest BCUT2D eigenvalue weighted by atomic mass is 35.5. The first-order valence-electron chi connectivity index (χ1n) is 9.24. The van der Waals surface area contributed by atoms with E-state index in [0.29, 0.717) is 57.9 Å². The normalized spacial score (nSPS) is 12.4. The summed E-state index contributed by atoms with van der Waals surface area (Å²) in [6.07, 6.45) is 0. The van der Waals surface area contributed by atoms with E-state index in [9.17, 15) is 4.79 Å². The van der Waals surface area contributed by atoms with E-state index in [0.717, 1.165) is 5.56 Å². The average Bonchev–Trinajstić information content (AvgIpc) is 3.26. The number of fused-ring (bicyclic) bond motifs is 1. The van der Waals surface area contributed by atoms with E-state index in [1.807, 2.05) is 6.07 Å². The minimum Gasteiger partial charge on any atom is -0.497 e. The highest BCUT2D eigenvalue weighted by Gasteiger charge is 2.17. The number of nitrogens with one attached hydrogen (secondary N) is 2. The number of aromatic amines is 1. The van der Waals surface area contributed by atoms with Crippen molar-refractivity contribution in [2.24, 2.45) is 0 Å². The van der Waals surface area contributed by atoms with Crippen LogP contribution in [0.4, 0.5) is 5.69 Å². The number of methoxy groups -OCH3 is 2. The van der Waals surface area contributed by atoms with Crippen molar-refractivity contribution >= 4 is 35.0 Å². The molecule has 2 N–H and O–H groups in total. The van der Waals surface area contributed by atoms with Crippen LogP contribution in [0.2, 0.25) is 5.02 Å². The van der Waals surface area contributed by atoms with Crippen LogP contribution >= 0.6 is 23.4 Å². The summed E-state index contributed by atoms with van der Waals surface area (Å²) in [5.41, 5.74) is 1.19. The highest BCUT2D eigenvalue weighted by molar-refractivity contribution is 7.99. The molecule has 9 nitrogen and oxygen atoms in total. The molecule has 11 heteroatoms. The van der Waals surface area contributed by atoms with Crippen LogP contribution in [-0.2, 0) is 4.79 Å². The lowest BCUT2D eigenvalue weighted by molar-refractivity contribution is -0.113. The molecule has 0 spiro atoms. The summed E-state index contributed by atoms with van der Waals surface area (Å²) in [5.74, 6) is 2.75. The molecule has 1 aliphatic rings. The average molecular weight is 463 g/mol. The fraction of sp³-hybridized carbons (Fsp3) is 0.250. The predicted molar refractivity (Wildman–Crippen MR) is 117 cm³/mol. The van der Waals surface area contributed by atoms with Gasteiger partial charge in [-0.05, 0) is 12.1 Å². The maximum Gasteiger partial charge on any atom is 0.234 e. The van der Waals surface area contributed by atoms with E-state index in [1.165, 1.54) is 11.8 Å². The summed E-state index contributed by atoms with van der Waals surface area (Å²) in [6, 6.07) is 8.67. The number of hydrogen-bond acceptors (Lipinski definition) is 8. The number of rotatable bonds is 7. The molecule has 0 unspecified atom stereocenters. The standard InChI is InChI=1S/C20H19ClN4O5S/c1-27-11-3-4-12(15(7-11)28-2)19-23-20(25-24-19)31-10-18(26)22-14-9-17-16(8-13(14)21)29-5-6-30-17/h3-4,7-9H,5-6,10H2,1-2H3,(H,22,26)(H,23,24,25). The Morgan fingerprint density at radius 1 is 1.19 bits per heavy atom. The van der Waals surface area contributed by atoms with Crippen molar-refractivity contribution in [3.8, 4) is 34.4 Å². The zero-order valence-electron chi connectivity index (χ0n) is 16.7. The number of H-pyrrole nitrogens is 1. The molecule has 4 rings (SSSR count). The van der Waals surface area contributed by atoms with Crippen LogP contribution in [0.15, 0.2) is 35.5 Å². The summed E-state index contributed by atoms with van der Waals surface area (Å²) in [6.45, 7) is 0.913. The molecule has 162 valence electrons. The SMILES string of the molecule is COc1ccc(-c2nc(SCC(=O)Nc3cc4c(cc3Cl)OCCO4)n[nH]2)c(OC)c1. The van der Waals surface area contributed by atoms with Gasteiger partial charge in [-0.2, -0.15) is 0 Å². The molecule has 3 aromatic rings. The molecule has 0 saturated heterocycles. The Morgan fingerprint density at radius 3 is 2.71 bits per heavy atom. The number of halogens is 1. The van der Waals surface area contributed by atoms with Crippen molar-refractivity contribution in [3.63, 3.8) is 0 Å². The number of hydrogen-bond donors (Lipinski definition) is 2. The maximum absolute atomic E-state index is 12.4. The topological polar surface area (TPSA) is 108 Å². The number of carbonyl (C=O) groups is 1. The third-order valence-corrected chi connectivity index (χ3v) is 5.53. The van der Waals surface area contributed by atoms with Crippen LogP contribution in [0, 0.1) is 0 Å². The maximum atomic E-state index is 12.4. The Morgan fingerprint density at radius 2 is 1.97 bits per heavy atom. The third kappa shape index (κ3) is 4.80. The molecule has 0 radical (unpaired) electrons. The minimum atomic E-state index is -0.253. The van der Waals surface area contributed by atoms with Crippen LogP contribution < -0.4 is 24.3 Å². The van der Waals surface area contributed by atoms with Gasteiger partial charge in [0.2, 0.25) is 11.1 Å². The van der Waals surface area contributed by atoms with Crippen molar-refractivity contribution in [2.45, 2.75) is 5.16 Å². The summed E-state index contributed by atoms with van der Waals surface area (Å²) in [5, 5.41) is 10.6. The van der Waals surface area contributed by atoms with Gasteiger partial charge in [-0.1, -0.05) is 23.4 Å². The summed E-state index contributed by atoms with van der Waals surface area (Å²) >= 11 is 7.43. The molecule has 1 amide bonds. The van der Waals surface area contributed by atoms with Crippen molar-refractivity contribution < 1.29 is 23.7 Å². The molecule has 0 bridgehead atoms. The quantitative estimate of drug-likeness (QED) is 0.512. The summed E-state index contributed by atoms with van der Waals surface area (Å²) in [4.78, 5) is 16.8. The number of anilines is 1. The Hall–Kier alpha value is -3.11. The molecule has 31 heavy (non-hydrogen) atoms. The lowest BCUT2D eigenvalue weighted by Gasteiger charge is -2.19. The van der Waals surface area contributed by atoms with Gasteiger partial charge in [-0.15, -0.1) is 5.10 Å². The number of benzene rings is 2. The van der Waals surface area contributed by atoms with Gasteiger partial charge in [0, 0.05) is 18.2 Å². The lowest BCUT2D eigenvalue weighted by Crippen LogP contribution is -2.17. The van der Waals surface area contributed by atoms with Gasteiger partial charge in [0.15, 0.2) is 17.3 Å². The molecule has 0 saturated carbocycles. The van der Waals surface area contributed by atoms with E-state index in [2.05, 4.69) is 20.5 Å². The van der Waals surface area contributed by atoms with Gasteiger partial charge in [0.25, 0.3) is 0 Å². The first-order chi connectivity index (χ1) is 15.1. The predicted octanol–water partition coefficient (Wildman–Crippen LogP) is 3.64. The second kappa shape index (κ2) is 9.36. The smallest absolute Gasteiger partial charge is 0.234 e. The van der Waals surface area contributed by atoms with Gasteiger partial charge >= 0.3 is 0 Å². The summed E-state index contributed by atoms with van der Waals surface area (Å²) in [7, 11) is 3.15. The number of aromatic nitrogens is 3. The van der Waals surface area contributed by atoms with Gasteiger partial charge in [0.1, 0.15) is 24.7 Å². The van der Waals surface area contributed by atoms with Gasteiger partial charge in [-0.25, -0.2) is 4.98 Å². The van der Waals surface area contributed by atoms with Crippen molar-refractivity contribution in [1.82, 2.24) is 15.2 Å². The Kier molecular flexibility index (Phi) is 6.38. The molecule has 0 fully saturated rings. The molecule has 2 heterocycles. The zero-order chi connectivity index (χ0) is 21.8. The van der Waals surface area contributed by atoms with E-state index < -0.39 is 0 Å². The van der Waals surface area contributed by atoms with Gasteiger partial charge in [-0.3, -0.25) is 9.89 Å². The lowest BCUT2D eigenvalue weighted by atomic mass is 10.2. The van der Waals surface area contributed by atoms with Crippen LogP contribution in [0.5, 0.6) is 23.0 Å². The van der Waals surface area contributed by atoms with Crippen LogP contribution in [0.3, 0.4) is 0 Å². The van der Waals surface area contributed by atoms with E-state index >= 15 is 0 Å².